The first kappa shape index (κ1) is 16.2. The average Bonchev–Trinajstić information content (AvgIpc) is 2.44. The van der Waals surface area contributed by atoms with Crippen molar-refractivity contribution in [2.75, 3.05) is 6.61 Å². The normalized spacial score (nSPS) is 20.9. The van der Waals surface area contributed by atoms with Crippen molar-refractivity contribution in [3.05, 3.63) is 47.3 Å². The third-order valence-electron chi connectivity index (χ3n) is 3.25. The molecule has 116 valence electrons. The van der Waals surface area contributed by atoms with Crippen LogP contribution in [0, 0.1) is 11.7 Å². The summed E-state index contributed by atoms with van der Waals surface area (Å²) in [6.07, 6.45) is 1.41. The van der Waals surface area contributed by atoms with E-state index in [1.54, 1.807) is 0 Å². The zero-order valence-electron chi connectivity index (χ0n) is 11.8. The molecule has 0 fully saturated rings. The minimum absolute atomic E-state index is 0.00822. The molecule has 1 aromatic carbocycles. The predicted octanol–water partition coefficient (Wildman–Crippen LogP) is 3.05. The zero-order valence-corrected chi connectivity index (χ0v) is 12.6. The van der Waals surface area contributed by atoms with Crippen LogP contribution in [0.3, 0.4) is 0 Å². The van der Waals surface area contributed by atoms with Crippen LogP contribution in [0.2, 0.25) is 5.02 Å². The molecule has 1 aromatic rings. The fourth-order valence-corrected chi connectivity index (χ4v) is 2.58. The number of hydrogen-bond acceptors (Lipinski definition) is 3. The molecule has 2 unspecified atom stereocenters. The van der Waals surface area contributed by atoms with Crippen molar-refractivity contribution < 1.29 is 18.7 Å². The van der Waals surface area contributed by atoms with E-state index in [0.29, 0.717) is 0 Å². The van der Waals surface area contributed by atoms with Crippen molar-refractivity contribution in [2.24, 2.45) is 10.9 Å². The van der Waals surface area contributed by atoms with Gasteiger partial charge < -0.3 is 10.1 Å². The first-order valence-corrected chi connectivity index (χ1v) is 6.90. The lowest BCUT2D eigenvalue weighted by molar-refractivity contribution is -0.145. The summed E-state index contributed by atoms with van der Waals surface area (Å²) in [4.78, 5) is 27.5. The molecule has 1 aliphatic heterocycles. The third-order valence-corrected chi connectivity index (χ3v) is 3.58. The van der Waals surface area contributed by atoms with Crippen LogP contribution in [0.4, 0.5) is 9.18 Å². The average molecular weight is 325 g/mol. The van der Waals surface area contributed by atoms with E-state index >= 15 is 0 Å². The molecule has 0 bridgehead atoms. The minimum atomic E-state index is -0.976. The molecule has 0 aromatic heterocycles. The van der Waals surface area contributed by atoms with Gasteiger partial charge in [0.15, 0.2) is 0 Å². The molecule has 22 heavy (non-hydrogen) atoms. The van der Waals surface area contributed by atoms with Gasteiger partial charge in [-0.05, 0) is 19.1 Å². The molecule has 1 aliphatic rings. The van der Waals surface area contributed by atoms with Gasteiger partial charge in [-0.25, -0.2) is 14.2 Å². The molecule has 0 spiro atoms. The van der Waals surface area contributed by atoms with Gasteiger partial charge in [0, 0.05) is 16.3 Å². The maximum Gasteiger partial charge on any atom is 0.341 e. The van der Waals surface area contributed by atoms with Crippen LogP contribution < -0.4 is 5.32 Å². The molecule has 0 saturated heterocycles. The Hall–Kier alpha value is -2.21. The number of urea groups is 1. The molecule has 2 amide bonds. The summed E-state index contributed by atoms with van der Waals surface area (Å²) in [5.41, 5.74) is 0.273. The number of halogens is 2. The Morgan fingerprint density at radius 2 is 2.32 bits per heavy atom. The van der Waals surface area contributed by atoms with E-state index in [4.69, 9.17) is 16.3 Å². The summed E-state index contributed by atoms with van der Waals surface area (Å²) < 4.78 is 19.1. The van der Waals surface area contributed by atoms with Crippen molar-refractivity contribution in [1.29, 1.82) is 0 Å². The number of ether oxygens (including phenoxy) is 1. The highest BCUT2D eigenvalue weighted by molar-refractivity contribution is 6.31. The largest absolute Gasteiger partial charge is 0.461 e. The van der Waals surface area contributed by atoms with Crippen LogP contribution in [0.25, 0.3) is 0 Å². The van der Waals surface area contributed by atoms with Gasteiger partial charge >= 0.3 is 12.0 Å². The second-order valence-corrected chi connectivity index (χ2v) is 5.12. The predicted molar refractivity (Wildman–Crippen MR) is 80.4 cm³/mol. The molecule has 0 aliphatic carbocycles. The van der Waals surface area contributed by atoms with Crippen LogP contribution in [-0.2, 0) is 9.53 Å². The van der Waals surface area contributed by atoms with Crippen molar-refractivity contribution in [3.63, 3.8) is 0 Å². The van der Waals surface area contributed by atoms with E-state index < -0.39 is 29.8 Å². The first-order chi connectivity index (χ1) is 10.5. The summed E-state index contributed by atoms with van der Waals surface area (Å²) >= 11 is 6.03. The summed E-state index contributed by atoms with van der Waals surface area (Å²) in [6, 6.07) is 2.50. The zero-order chi connectivity index (χ0) is 16.3. The number of amides is 2. The molecule has 1 N–H and O–H groups in total. The summed E-state index contributed by atoms with van der Waals surface area (Å²) in [6.45, 7) is 4.98. The second-order valence-electron chi connectivity index (χ2n) is 4.71. The summed E-state index contributed by atoms with van der Waals surface area (Å²) in [5.74, 6) is -2.20. The quantitative estimate of drug-likeness (QED) is 0.683. The SMILES string of the molecule is C=CCOC(=O)C1C(C)=NC(=O)NC1c1c(F)cccc1Cl. The van der Waals surface area contributed by atoms with Crippen LogP contribution in [0.15, 0.2) is 35.8 Å². The van der Waals surface area contributed by atoms with Crippen LogP contribution >= 0.6 is 11.6 Å². The van der Waals surface area contributed by atoms with E-state index in [1.807, 2.05) is 0 Å². The molecule has 2 atom stereocenters. The number of carbonyl (C=O) groups is 2. The summed E-state index contributed by atoms with van der Waals surface area (Å²) in [7, 11) is 0. The Labute approximate surface area is 131 Å². The fourth-order valence-electron chi connectivity index (χ4n) is 2.30. The smallest absolute Gasteiger partial charge is 0.341 e. The number of esters is 1. The topological polar surface area (TPSA) is 67.8 Å². The Bertz CT molecular complexity index is 640. The van der Waals surface area contributed by atoms with Crippen LogP contribution in [-0.4, -0.2) is 24.3 Å². The highest BCUT2D eigenvalue weighted by Crippen LogP contribution is 2.34. The number of benzene rings is 1. The molecule has 1 heterocycles. The van der Waals surface area contributed by atoms with Gasteiger partial charge in [-0.15, -0.1) is 0 Å². The lowest BCUT2D eigenvalue weighted by atomic mass is 9.88. The lowest BCUT2D eigenvalue weighted by Crippen LogP contribution is -2.44. The van der Waals surface area contributed by atoms with Crippen molar-refractivity contribution in [2.45, 2.75) is 13.0 Å². The minimum Gasteiger partial charge on any atom is -0.461 e. The summed E-state index contributed by atoms with van der Waals surface area (Å²) in [5, 5.41) is 2.59. The molecule has 0 saturated carbocycles. The molecule has 5 nitrogen and oxygen atoms in total. The monoisotopic (exact) mass is 324 g/mol. The molecule has 2 rings (SSSR count). The van der Waals surface area contributed by atoms with Gasteiger partial charge in [0.05, 0.1) is 6.04 Å². The standard InChI is InChI=1S/C15H14ClFN2O3/c1-3-7-22-14(20)11-8(2)18-15(21)19-13(11)12-9(16)5-4-6-10(12)17/h3-6,11,13H,1,7H2,2H3,(H,19,21). The lowest BCUT2D eigenvalue weighted by Gasteiger charge is -2.30. The highest BCUT2D eigenvalue weighted by atomic mass is 35.5. The maximum atomic E-state index is 14.1. The van der Waals surface area contributed by atoms with Gasteiger partial charge in [-0.2, -0.15) is 0 Å². The number of nitrogens with zero attached hydrogens (tertiary/aromatic N) is 1. The van der Waals surface area contributed by atoms with Gasteiger partial charge in [-0.3, -0.25) is 4.79 Å². The van der Waals surface area contributed by atoms with E-state index in [2.05, 4.69) is 16.9 Å². The van der Waals surface area contributed by atoms with Crippen molar-refractivity contribution >= 4 is 29.3 Å². The van der Waals surface area contributed by atoms with E-state index in [-0.39, 0.29) is 22.9 Å². The Morgan fingerprint density at radius 1 is 1.59 bits per heavy atom. The number of aliphatic imine (C=N–C) groups is 1. The Morgan fingerprint density at radius 3 is 2.95 bits per heavy atom. The van der Waals surface area contributed by atoms with E-state index in [0.717, 1.165) is 0 Å². The van der Waals surface area contributed by atoms with E-state index in [1.165, 1.54) is 31.2 Å². The number of nitrogens with one attached hydrogen (secondary N) is 1. The van der Waals surface area contributed by atoms with Crippen LogP contribution in [0.5, 0.6) is 0 Å². The van der Waals surface area contributed by atoms with Crippen molar-refractivity contribution in [3.8, 4) is 0 Å². The Kier molecular flexibility index (Phi) is 4.92. The molecule has 7 heteroatoms. The van der Waals surface area contributed by atoms with Gasteiger partial charge in [0.1, 0.15) is 18.3 Å². The first-order valence-electron chi connectivity index (χ1n) is 6.52. The van der Waals surface area contributed by atoms with Gasteiger partial charge in [0.2, 0.25) is 0 Å². The Balaban J connectivity index is 2.46. The van der Waals surface area contributed by atoms with Gasteiger partial charge in [0.25, 0.3) is 0 Å². The fraction of sp³-hybridized carbons (Fsp3) is 0.267. The molecular formula is C15H14ClFN2O3. The number of hydrogen-bond donors (Lipinski definition) is 1. The van der Waals surface area contributed by atoms with E-state index in [9.17, 15) is 14.0 Å². The van der Waals surface area contributed by atoms with Gasteiger partial charge in [-0.1, -0.05) is 30.3 Å². The third kappa shape index (κ3) is 3.17. The second kappa shape index (κ2) is 6.70. The molecular weight excluding hydrogens is 311 g/mol. The highest BCUT2D eigenvalue weighted by Gasteiger charge is 2.40. The van der Waals surface area contributed by atoms with Crippen molar-refractivity contribution in [1.82, 2.24) is 5.32 Å². The maximum absolute atomic E-state index is 14.1. The molecule has 0 radical (unpaired) electrons. The van der Waals surface area contributed by atoms with Crippen LogP contribution in [0.1, 0.15) is 18.5 Å². The number of carbonyl (C=O) groups excluding carboxylic acids is 2. The number of rotatable bonds is 4.